The lowest BCUT2D eigenvalue weighted by Crippen LogP contribution is -2.43. The molecule has 32 heavy (non-hydrogen) atoms. The number of phenols is 1. The Hall–Kier alpha value is -1.65. The highest BCUT2D eigenvalue weighted by atomic mass is 31.2. The molecule has 178 valence electrons. The summed E-state index contributed by atoms with van der Waals surface area (Å²) in [4.78, 5) is 12.2. The maximum absolute atomic E-state index is 12.2. The van der Waals surface area contributed by atoms with E-state index in [1.165, 1.54) is 16.7 Å². The van der Waals surface area contributed by atoms with Gasteiger partial charge in [0.05, 0.1) is 20.6 Å². The van der Waals surface area contributed by atoms with Crippen molar-refractivity contribution in [1.82, 2.24) is 0 Å². The third-order valence-corrected chi connectivity index (χ3v) is 7.36. The van der Waals surface area contributed by atoms with Crippen molar-refractivity contribution in [2.75, 3.05) is 40.0 Å². The van der Waals surface area contributed by atoms with Gasteiger partial charge in [-0.2, -0.15) is 0 Å². The van der Waals surface area contributed by atoms with Crippen molar-refractivity contribution in [1.29, 1.82) is 0 Å². The molecule has 0 spiro atoms. The molecule has 2 rings (SSSR count). The summed E-state index contributed by atoms with van der Waals surface area (Å²) in [5, 5.41) is 9.77. The maximum atomic E-state index is 12.2. The monoisotopic (exact) mass is 461 g/mol. The molecule has 0 radical (unpaired) electrons. The highest BCUT2D eigenvalue weighted by Crippen LogP contribution is 2.38. The molecule has 0 bridgehead atoms. The van der Waals surface area contributed by atoms with Crippen molar-refractivity contribution in [3.63, 3.8) is 0 Å². The smallest absolute Gasteiger partial charge is 0.135 e. The topological polar surface area (TPSA) is 69.6 Å². The SMILES string of the molecule is Cc1cc(C)cc(CCC[N+](C)(C)CCOP(=O)([O-])CCCCc2ccc(C)c(O)c2)c1. The van der Waals surface area contributed by atoms with Crippen LogP contribution in [-0.4, -0.2) is 49.5 Å². The van der Waals surface area contributed by atoms with E-state index in [1.54, 1.807) is 6.07 Å². The van der Waals surface area contributed by atoms with E-state index >= 15 is 0 Å². The van der Waals surface area contributed by atoms with Crippen LogP contribution in [0.3, 0.4) is 0 Å². The van der Waals surface area contributed by atoms with Crippen LogP contribution in [-0.2, 0) is 21.9 Å². The minimum atomic E-state index is -3.81. The van der Waals surface area contributed by atoms with Gasteiger partial charge in [-0.1, -0.05) is 41.5 Å². The average Bonchev–Trinajstić information content (AvgIpc) is 2.66. The fourth-order valence-electron chi connectivity index (χ4n) is 3.97. The number of phenolic OH excluding ortho intramolecular Hbond substituents is 1. The van der Waals surface area contributed by atoms with Crippen LogP contribution in [0.15, 0.2) is 36.4 Å². The van der Waals surface area contributed by atoms with Gasteiger partial charge in [0.25, 0.3) is 0 Å². The molecule has 0 aromatic heterocycles. The van der Waals surface area contributed by atoms with Crippen LogP contribution in [0.5, 0.6) is 5.75 Å². The highest BCUT2D eigenvalue weighted by molar-refractivity contribution is 7.51. The van der Waals surface area contributed by atoms with Crippen molar-refractivity contribution in [3.05, 3.63) is 64.2 Å². The molecule has 5 nitrogen and oxygen atoms in total. The summed E-state index contributed by atoms with van der Waals surface area (Å²) >= 11 is 0. The molecule has 6 heteroatoms. The van der Waals surface area contributed by atoms with Gasteiger partial charge in [-0.25, -0.2) is 0 Å². The number of aryl methyl sites for hydroxylation is 5. The van der Waals surface area contributed by atoms with Gasteiger partial charge in [0.15, 0.2) is 0 Å². The number of benzene rings is 2. The van der Waals surface area contributed by atoms with Crippen molar-refractivity contribution < 1.29 is 23.6 Å². The Morgan fingerprint density at radius 3 is 2.22 bits per heavy atom. The lowest BCUT2D eigenvalue weighted by molar-refractivity contribution is -0.890. The Bertz CT molecular complexity index is 906. The van der Waals surface area contributed by atoms with Gasteiger partial charge in [0, 0.05) is 12.6 Å². The second-order valence-corrected chi connectivity index (χ2v) is 11.7. The van der Waals surface area contributed by atoms with Gasteiger partial charge in [-0.05, 0) is 69.2 Å². The molecule has 0 aliphatic carbocycles. The largest absolute Gasteiger partial charge is 0.778 e. The van der Waals surface area contributed by atoms with Crippen molar-refractivity contribution in [2.24, 2.45) is 0 Å². The molecule has 0 fully saturated rings. The Morgan fingerprint density at radius 2 is 1.56 bits per heavy atom. The number of quaternary nitrogens is 1. The summed E-state index contributed by atoms with van der Waals surface area (Å²) in [7, 11) is 0.434. The van der Waals surface area contributed by atoms with Gasteiger partial charge < -0.3 is 23.6 Å². The lowest BCUT2D eigenvalue weighted by Gasteiger charge is -2.31. The van der Waals surface area contributed by atoms with Crippen molar-refractivity contribution in [2.45, 2.75) is 52.9 Å². The van der Waals surface area contributed by atoms with E-state index in [2.05, 4.69) is 46.1 Å². The van der Waals surface area contributed by atoms with Crippen LogP contribution in [0.4, 0.5) is 0 Å². The Morgan fingerprint density at radius 1 is 0.906 bits per heavy atom. The summed E-state index contributed by atoms with van der Waals surface area (Å²) in [6, 6.07) is 12.3. The first-order valence-corrected chi connectivity index (χ1v) is 13.3. The molecule has 1 N–H and O–H groups in total. The molecule has 0 saturated carbocycles. The number of rotatable bonds is 13. The van der Waals surface area contributed by atoms with Crippen LogP contribution in [0, 0.1) is 20.8 Å². The summed E-state index contributed by atoms with van der Waals surface area (Å²) in [5.74, 6) is 0.287. The number of hydrogen-bond acceptors (Lipinski definition) is 4. The molecule has 0 amide bonds. The van der Waals surface area contributed by atoms with Crippen LogP contribution >= 0.6 is 7.60 Å². The number of likely N-dealkylation sites (N-methyl/N-ethyl adjacent to an activating group) is 1. The Labute approximate surface area is 194 Å². The molecule has 0 saturated heterocycles. The molecule has 1 atom stereocenters. The normalized spacial score (nSPS) is 13.8. The molecular formula is C26H40NO4P. The average molecular weight is 462 g/mol. The fourth-order valence-corrected chi connectivity index (χ4v) is 5.07. The van der Waals surface area contributed by atoms with E-state index in [0.29, 0.717) is 13.0 Å². The van der Waals surface area contributed by atoms with Gasteiger partial charge in [0.1, 0.15) is 26.5 Å². The molecule has 1 unspecified atom stereocenters. The lowest BCUT2D eigenvalue weighted by atomic mass is 10.0. The van der Waals surface area contributed by atoms with Crippen LogP contribution in [0.25, 0.3) is 0 Å². The third-order valence-electron chi connectivity index (χ3n) is 5.92. The molecule has 0 aliphatic rings. The van der Waals surface area contributed by atoms with Gasteiger partial charge in [-0.15, -0.1) is 0 Å². The maximum Gasteiger partial charge on any atom is 0.135 e. The fraction of sp³-hybridized carbons (Fsp3) is 0.538. The summed E-state index contributed by atoms with van der Waals surface area (Å²) in [6.45, 7) is 7.98. The molecule has 2 aromatic rings. The first-order chi connectivity index (χ1) is 15.0. The first-order valence-electron chi connectivity index (χ1n) is 11.6. The second-order valence-electron chi connectivity index (χ2n) is 9.73. The van der Waals surface area contributed by atoms with Crippen LogP contribution < -0.4 is 4.89 Å². The number of nitrogens with zero attached hydrogens (tertiary/aromatic N) is 1. The zero-order valence-corrected chi connectivity index (χ0v) is 21.3. The quantitative estimate of drug-likeness (QED) is 0.261. The molecular weight excluding hydrogens is 421 g/mol. The molecule has 0 aliphatic heterocycles. The van der Waals surface area contributed by atoms with E-state index in [9.17, 15) is 14.6 Å². The first kappa shape index (κ1) is 26.6. The van der Waals surface area contributed by atoms with Gasteiger partial charge in [-0.3, -0.25) is 0 Å². The van der Waals surface area contributed by atoms with E-state index in [-0.39, 0.29) is 18.5 Å². The van der Waals surface area contributed by atoms with E-state index in [0.717, 1.165) is 47.8 Å². The van der Waals surface area contributed by atoms with Gasteiger partial charge in [0.2, 0.25) is 0 Å². The van der Waals surface area contributed by atoms with Crippen molar-refractivity contribution in [3.8, 4) is 5.75 Å². The number of aromatic hydroxyl groups is 1. The van der Waals surface area contributed by atoms with E-state index in [1.807, 2.05) is 19.1 Å². The van der Waals surface area contributed by atoms with Crippen LogP contribution in [0.2, 0.25) is 0 Å². The summed E-state index contributed by atoms with van der Waals surface area (Å²) in [6.07, 6.45) is 4.20. The number of hydrogen-bond donors (Lipinski definition) is 1. The Kier molecular flexibility index (Phi) is 9.97. The Balaban J connectivity index is 1.65. The third kappa shape index (κ3) is 9.87. The minimum Gasteiger partial charge on any atom is -0.778 e. The number of unbranched alkanes of at least 4 members (excludes halogenated alkanes) is 1. The van der Waals surface area contributed by atoms with Gasteiger partial charge >= 0.3 is 0 Å². The predicted molar refractivity (Wildman–Crippen MR) is 130 cm³/mol. The van der Waals surface area contributed by atoms with E-state index < -0.39 is 7.60 Å². The van der Waals surface area contributed by atoms with Crippen LogP contribution in [0.1, 0.15) is 47.1 Å². The standard InChI is InChI=1S/C26H40NO4P/c1-21-17-22(2)19-25(18-21)10-8-13-27(4,5)14-15-31-32(29,30)16-7-6-9-24-12-11-23(3)26(28)20-24/h11-12,17-20H,6-10,13-16H2,1-5H3,(H-,28,29,30). The van der Waals surface area contributed by atoms with E-state index in [4.69, 9.17) is 4.52 Å². The van der Waals surface area contributed by atoms with Crippen molar-refractivity contribution >= 4 is 7.60 Å². The summed E-state index contributed by atoms with van der Waals surface area (Å²) < 4.78 is 18.3. The predicted octanol–water partition coefficient (Wildman–Crippen LogP) is 4.92. The second kappa shape index (κ2) is 12.0. The molecule has 0 heterocycles. The zero-order valence-electron chi connectivity index (χ0n) is 20.4. The minimum absolute atomic E-state index is 0.0605. The zero-order chi connectivity index (χ0) is 23.8. The molecule has 2 aromatic carbocycles. The summed E-state index contributed by atoms with van der Waals surface area (Å²) in [5.41, 5.74) is 5.83. The highest BCUT2D eigenvalue weighted by Gasteiger charge is 2.17.